The van der Waals surface area contributed by atoms with Gasteiger partial charge in [0.1, 0.15) is 5.82 Å². The van der Waals surface area contributed by atoms with Crippen molar-refractivity contribution in [3.63, 3.8) is 0 Å². The van der Waals surface area contributed by atoms with Crippen molar-refractivity contribution >= 4 is 54.6 Å². The van der Waals surface area contributed by atoms with Gasteiger partial charge in [0.25, 0.3) is 6.33 Å². The van der Waals surface area contributed by atoms with Crippen molar-refractivity contribution in [1.29, 1.82) is 0 Å². The number of fused-ring (bicyclic) bond motifs is 14. The topological polar surface area (TPSA) is 40.8 Å². The molecule has 10 aromatic carbocycles. The van der Waals surface area contributed by atoms with Gasteiger partial charge in [0.2, 0.25) is 0 Å². The molecule has 14 aromatic rings. The molecule has 0 unspecified atom stereocenters. The summed E-state index contributed by atoms with van der Waals surface area (Å²) in [5.74, 6) is 1.97. The molecule has 0 radical (unpaired) electrons. The monoisotopic (exact) mass is 1390 g/mol. The van der Waals surface area contributed by atoms with Gasteiger partial charge in [0, 0.05) is 60.7 Å². The van der Waals surface area contributed by atoms with Crippen LogP contribution in [0.1, 0.15) is 131 Å². The van der Waals surface area contributed by atoms with E-state index in [4.69, 9.17) is 9.72 Å². The second kappa shape index (κ2) is 21.5. The number of nitrogens with zero attached hydrogens (tertiary/aromatic N) is 5. The maximum Gasteiger partial charge on any atom is 0.268 e. The molecule has 464 valence electrons. The van der Waals surface area contributed by atoms with Gasteiger partial charge in [0.05, 0.1) is 27.8 Å². The molecule has 16 rings (SSSR count). The Morgan fingerprint density at radius 3 is 1.61 bits per heavy atom. The van der Waals surface area contributed by atoms with Gasteiger partial charge in [-0.1, -0.05) is 217 Å². The average Bonchev–Trinajstić information content (AvgIpc) is 1.64. The Morgan fingerprint density at radius 1 is 0.441 bits per heavy atom. The first-order valence-corrected chi connectivity index (χ1v) is 32.7. The zero-order valence-electron chi connectivity index (χ0n) is 55.5. The number of para-hydroxylation sites is 3. The van der Waals surface area contributed by atoms with Crippen LogP contribution in [0.4, 0.5) is 0 Å². The van der Waals surface area contributed by atoms with Gasteiger partial charge in [-0.2, -0.15) is 18.2 Å². The zero-order valence-corrected chi connectivity index (χ0v) is 57.8. The quantitative estimate of drug-likeness (QED) is 0.123. The predicted octanol–water partition coefficient (Wildman–Crippen LogP) is 21.9. The fourth-order valence-corrected chi connectivity index (χ4v) is 14.9. The summed E-state index contributed by atoms with van der Waals surface area (Å²) in [6.07, 6.45) is 8.33. The molecule has 0 atom stereocenters. The Hall–Kier alpha value is -9.09. The van der Waals surface area contributed by atoms with Crippen molar-refractivity contribution in [3.05, 3.63) is 253 Å². The maximum absolute atomic E-state index is 7.02. The molecule has 5 heterocycles. The van der Waals surface area contributed by atoms with Gasteiger partial charge in [-0.3, -0.25) is 4.57 Å². The van der Waals surface area contributed by atoms with E-state index in [1.54, 1.807) is 0 Å². The first-order chi connectivity index (χ1) is 44.0. The number of hydrogen-bond donors (Lipinski definition) is 0. The molecule has 0 spiro atoms. The minimum Gasteiger partial charge on any atom is -0.510 e. The van der Waals surface area contributed by atoms with Crippen LogP contribution in [0.25, 0.3) is 122 Å². The molecule has 2 aliphatic rings. The van der Waals surface area contributed by atoms with Crippen molar-refractivity contribution in [2.45, 2.75) is 130 Å². The normalized spacial score (nSPS) is 14.3. The zero-order chi connectivity index (χ0) is 63.5. The molecule has 0 amide bonds. The van der Waals surface area contributed by atoms with Crippen LogP contribution in [-0.4, -0.2) is 18.7 Å². The summed E-state index contributed by atoms with van der Waals surface area (Å²) >= 11 is 0. The summed E-state index contributed by atoms with van der Waals surface area (Å²) in [7, 11) is 0. The summed E-state index contributed by atoms with van der Waals surface area (Å²) in [6.45, 7) is 30.5. The first-order valence-electron chi connectivity index (χ1n) is 32.7. The average molecular weight is 1390 g/mol. The first kappa shape index (κ1) is 60.2. The van der Waals surface area contributed by atoms with Crippen LogP contribution >= 0.6 is 0 Å². The number of aromatic nitrogens is 5. The Kier molecular flexibility index (Phi) is 13.9. The fraction of sp³-hybridized carbons (Fsp3) is 0.233. The standard InChI is InChI=1S/C86H77N5O.Pt/c1-82(2,3)54-35-33-53(34-36-54)67-43-56(84(7,8)9)44-70-69-51-73-72(85(10,11)40-41-86(73,12)13)50-68(69)61-25-14-15-26-62(61)71-47-58(90-74-30-19-16-27-63(74)64-28-17-20-31-75(64)90)48-78-81(71)89(80(67)70)52-88(78)57-23-22-24-59(46-57)92-60-37-38-66-65-29-18-21-32-76(65)91(77(66)49-60)79-45-55(39-42-87-79)83(4,5)6;/h14-39,42-45,47-48,50-51H,40-41H2,1-13H3;/q-2;. The summed E-state index contributed by atoms with van der Waals surface area (Å²) in [4.78, 5) is 4.97. The van der Waals surface area contributed by atoms with Crippen LogP contribution in [-0.2, 0) is 48.1 Å². The second-order valence-corrected chi connectivity index (χ2v) is 30.3. The smallest absolute Gasteiger partial charge is 0.268 e. The third-order valence-corrected chi connectivity index (χ3v) is 20.2. The van der Waals surface area contributed by atoms with Crippen LogP contribution in [0, 0.1) is 18.5 Å². The third-order valence-electron chi connectivity index (χ3n) is 20.2. The molecule has 7 heteroatoms. The second-order valence-electron chi connectivity index (χ2n) is 30.3. The number of hydrogen-bond acceptors (Lipinski definition) is 2. The van der Waals surface area contributed by atoms with Crippen LogP contribution in [0.2, 0.25) is 0 Å². The number of pyridine rings is 1. The van der Waals surface area contributed by atoms with Gasteiger partial charge in [0.15, 0.2) is 0 Å². The molecule has 6 nitrogen and oxygen atoms in total. The summed E-state index contributed by atoms with van der Waals surface area (Å²) in [6, 6.07) is 82.1. The van der Waals surface area contributed by atoms with Crippen molar-refractivity contribution < 1.29 is 30.4 Å². The van der Waals surface area contributed by atoms with Crippen LogP contribution in [0.15, 0.2) is 206 Å². The molecule has 1 aliphatic carbocycles. The van der Waals surface area contributed by atoms with E-state index in [-0.39, 0.29) is 48.1 Å². The molecule has 0 bridgehead atoms. The van der Waals surface area contributed by atoms with Crippen molar-refractivity contribution in [3.8, 4) is 78.9 Å². The fourth-order valence-electron chi connectivity index (χ4n) is 14.9. The van der Waals surface area contributed by atoms with Crippen molar-refractivity contribution in [2.75, 3.05) is 0 Å². The molecule has 4 aromatic heterocycles. The van der Waals surface area contributed by atoms with Gasteiger partial charge in [-0.15, -0.1) is 29.7 Å². The number of rotatable bonds is 6. The van der Waals surface area contributed by atoms with Gasteiger partial charge in [-0.25, -0.2) is 4.98 Å². The van der Waals surface area contributed by atoms with Gasteiger partial charge in [-0.05, 0) is 172 Å². The molecule has 0 N–H and O–H groups in total. The largest absolute Gasteiger partial charge is 0.510 e. The van der Waals surface area contributed by atoms with E-state index in [1.165, 1.54) is 60.8 Å². The molecule has 93 heavy (non-hydrogen) atoms. The van der Waals surface area contributed by atoms with Crippen molar-refractivity contribution in [1.82, 2.24) is 18.7 Å². The van der Waals surface area contributed by atoms with Crippen LogP contribution in [0.3, 0.4) is 0 Å². The van der Waals surface area contributed by atoms with Crippen LogP contribution in [0.5, 0.6) is 11.5 Å². The van der Waals surface area contributed by atoms with Gasteiger partial charge < -0.3 is 18.4 Å². The molecule has 0 saturated heterocycles. The van der Waals surface area contributed by atoms with E-state index in [1.807, 2.05) is 18.3 Å². The summed E-state index contributed by atoms with van der Waals surface area (Å²) < 4.78 is 16.4. The number of ether oxygens (including phenoxy) is 1. The molecular formula is C86H77N5OPt-2. The molecular weight excluding hydrogens is 1310 g/mol. The number of benzene rings is 10. The van der Waals surface area contributed by atoms with E-state index in [0.717, 1.165) is 102 Å². The number of imidazole rings is 1. The molecule has 1 aliphatic heterocycles. The van der Waals surface area contributed by atoms with E-state index in [9.17, 15) is 0 Å². The third kappa shape index (κ3) is 9.84. The van der Waals surface area contributed by atoms with Crippen LogP contribution < -0.4 is 9.30 Å². The Balaban J connectivity index is 0.00000716. The summed E-state index contributed by atoms with van der Waals surface area (Å²) in [5, 5.41) is 4.62. The predicted molar refractivity (Wildman–Crippen MR) is 381 cm³/mol. The van der Waals surface area contributed by atoms with E-state index in [0.29, 0.717) is 11.5 Å². The minimum atomic E-state index is -0.200. The minimum absolute atomic E-state index is 0. The van der Waals surface area contributed by atoms with Crippen molar-refractivity contribution in [2.24, 2.45) is 0 Å². The SMILES string of the molecule is CC(C)(C)c1ccc(-c2cc(C(C)(C)C)cc3c2-[n+]2[c-]n(-c4[c-]c(Oc5[c-]c6c(cc5)c5ccccc5n6-c5cc(C(C)(C)C)ccn5)ccc4)c4cc(-n5c6ccccc6c6ccccc65)cc(c42)-c2ccccc2-c2cc4c(cc2-3)C(C)(C)CCC4(C)C)cc1.[Pt]. The maximum atomic E-state index is 7.02. The Bertz CT molecular complexity index is 5320. The summed E-state index contributed by atoms with van der Waals surface area (Å²) in [5.41, 5.74) is 24.7. The molecule has 0 fully saturated rings. The molecule has 0 saturated carbocycles. The van der Waals surface area contributed by atoms with E-state index < -0.39 is 0 Å². The van der Waals surface area contributed by atoms with E-state index >= 15 is 0 Å². The Morgan fingerprint density at radius 2 is 0.989 bits per heavy atom. The van der Waals surface area contributed by atoms with Gasteiger partial charge >= 0.3 is 0 Å². The van der Waals surface area contributed by atoms with E-state index in [2.05, 4.69) is 315 Å². The Labute approximate surface area is 561 Å².